The van der Waals surface area contributed by atoms with E-state index < -0.39 is 0 Å². The van der Waals surface area contributed by atoms with Crippen molar-refractivity contribution >= 4 is 5.91 Å². The highest BCUT2D eigenvalue weighted by Crippen LogP contribution is 2.27. The maximum Gasteiger partial charge on any atom is 0.222 e. The second-order valence-electron chi connectivity index (χ2n) is 3.99. The molecule has 1 aliphatic rings. The average molecular weight is 215 g/mol. The molecule has 0 heterocycles. The minimum Gasteiger partial charge on any atom is -0.396 e. The van der Waals surface area contributed by atoms with Crippen LogP contribution >= 0.6 is 0 Å². The third-order valence-corrected chi connectivity index (χ3v) is 2.64. The molecule has 0 aromatic rings. The van der Waals surface area contributed by atoms with Crippen molar-refractivity contribution in [1.29, 1.82) is 0 Å². The van der Waals surface area contributed by atoms with Gasteiger partial charge in [-0.05, 0) is 25.7 Å². The number of hydrogen-bond acceptors (Lipinski definition) is 3. The van der Waals surface area contributed by atoms with Crippen LogP contribution < -0.4 is 0 Å². The zero-order chi connectivity index (χ0) is 11.1. The van der Waals surface area contributed by atoms with Crippen LogP contribution in [0.3, 0.4) is 0 Å². The predicted octanol–water partition coefficient (Wildman–Crippen LogP) is 0.786. The number of amides is 1. The average Bonchev–Trinajstić information content (AvgIpc) is 3.03. The van der Waals surface area contributed by atoms with Gasteiger partial charge >= 0.3 is 0 Å². The van der Waals surface area contributed by atoms with Crippen molar-refractivity contribution in [3.8, 4) is 0 Å². The smallest absolute Gasteiger partial charge is 0.222 e. The van der Waals surface area contributed by atoms with E-state index in [0.717, 1.165) is 19.3 Å². The molecule has 0 atom stereocenters. The summed E-state index contributed by atoms with van der Waals surface area (Å²) in [7, 11) is 1.65. The van der Waals surface area contributed by atoms with Crippen LogP contribution in [-0.2, 0) is 9.53 Å². The largest absolute Gasteiger partial charge is 0.396 e. The van der Waals surface area contributed by atoms with Crippen LogP contribution in [0.2, 0.25) is 0 Å². The Bertz CT molecular complexity index is 192. The second kappa shape index (κ2) is 6.80. The topological polar surface area (TPSA) is 49.8 Å². The molecule has 0 bridgehead atoms. The van der Waals surface area contributed by atoms with Gasteiger partial charge in [-0.3, -0.25) is 4.79 Å². The minimum atomic E-state index is 0.175. The van der Waals surface area contributed by atoms with E-state index in [-0.39, 0.29) is 12.5 Å². The normalized spacial score (nSPS) is 15.3. The molecule has 0 aliphatic heterocycles. The highest BCUT2D eigenvalue weighted by Gasteiger charge is 2.31. The summed E-state index contributed by atoms with van der Waals surface area (Å²) in [6, 6.07) is 0.460. The molecule has 0 unspecified atom stereocenters. The predicted molar refractivity (Wildman–Crippen MR) is 57.5 cm³/mol. The lowest BCUT2D eigenvalue weighted by molar-refractivity contribution is -0.132. The molecule has 1 fully saturated rings. The molecule has 1 aliphatic carbocycles. The number of aliphatic hydroxyl groups is 1. The lowest BCUT2D eigenvalue weighted by Gasteiger charge is -2.21. The third kappa shape index (κ3) is 4.62. The number of ether oxygens (including phenoxy) is 1. The van der Waals surface area contributed by atoms with Crippen molar-refractivity contribution in [2.24, 2.45) is 0 Å². The summed E-state index contributed by atoms with van der Waals surface area (Å²) in [4.78, 5) is 13.7. The summed E-state index contributed by atoms with van der Waals surface area (Å²) in [5.41, 5.74) is 0. The maximum absolute atomic E-state index is 11.8. The van der Waals surface area contributed by atoms with Crippen LogP contribution in [0.25, 0.3) is 0 Å². The van der Waals surface area contributed by atoms with Gasteiger partial charge in [0.1, 0.15) is 0 Å². The molecule has 88 valence electrons. The van der Waals surface area contributed by atoms with Crippen LogP contribution in [0.4, 0.5) is 0 Å². The van der Waals surface area contributed by atoms with Gasteiger partial charge in [0.25, 0.3) is 0 Å². The van der Waals surface area contributed by atoms with Crippen molar-refractivity contribution in [3.05, 3.63) is 0 Å². The molecule has 1 amide bonds. The highest BCUT2D eigenvalue weighted by molar-refractivity contribution is 5.76. The maximum atomic E-state index is 11.8. The molecule has 1 saturated carbocycles. The van der Waals surface area contributed by atoms with E-state index in [0.29, 0.717) is 32.0 Å². The molecule has 0 radical (unpaired) electrons. The van der Waals surface area contributed by atoms with Gasteiger partial charge < -0.3 is 14.7 Å². The lowest BCUT2D eigenvalue weighted by Crippen LogP contribution is -2.35. The number of rotatable bonds is 8. The SMILES string of the molecule is COCCN(C(=O)CCCCO)C1CC1. The van der Waals surface area contributed by atoms with Crippen molar-refractivity contribution in [1.82, 2.24) is 4.90 Å². The van der Waals surface area contributed by atoms with E-state index in [2.05, 4.69) is 0 Å². The summed E-state index contributed by atoms with van der Waals surface area (Å²) < 4.78 is 4.99. The first-order valence-corrected chi connectivity index (χ1v) is 5.69. The Morgan fingerprint density at radius 2 is 2.20 bits per heavy atom. The van der Waals surface area contributed by atoms with E-state index >= 15 is 0 Å². The number of carbonyl (C=O) groups is 1. The van der Waals surface area contributed by atoms with Crippen molar-refractivity contribution in [2.75, 3.05) is 26.9 Å². The molecular weight excluding hydrogens is 194 g/mol. The van der Waals surface area contributed by atoms with E-state index in [9.17, 15) is 4.79 Å². The van der Waals surface area contributed by atoms with Crippen LogP contribution in [0.5, 0.6) is 0 Å². The Morgan fingerprint density at radius 3 is 2.73 bits per heavy atom. The minimum absolute atomic E-state index is 0.175. The van der Waals surface area contributed by atoms with E-state index in [1.54, 1.807) is 7.11 Å². The molecule has 0 spiro atoms. The molecule has 4 heteroatoms. The Hall–Kier alpha value is -0.610. The number of nitrogens with zero attached hydrogens (tertiary/aromatic N) is 1. The van der Waals surface area contributed by atoms with Gasteiger partial charge in [-0.2, -0.15) is 0 Å². The zero-order valence-corrected chi connectivity index (χ0v) is 9.45. The van der Waals surface area contributed by atoms with Crippen molar-refractivity contribution < 1.29 is 14.6 Å². The fourth-order valence-electron chi connectivity index (χ4n) is 1.62. The van der Waals surface area contributed by atoms with Gasteiger partial charge in [-0.15, -0.1) is 0 Å². The summed E-state index contributed by atoms with van der Waals surface area (Å²) in [5.74, 6) is 0.211. The van der Waals surface area contributed by atoms with E-state index in [1.807, 2.05) is 4.90 Å². The fraction of sp³-hybridized carbons (Fsp3) is 0.909. The molecule has 0 aromatic heterocycles. The van der Waals surface area contributed by atoms with Gasteiger partial charge in [-0.25, -0.2) is 0 Å². The Kier molecular flexibility index (Phi) is 5.65. The fourth-order valence-corrected chi connectivity index (χ4v) is 1.62. The monoisotopic (exact) mass is 215 g/mol. The molecule has 0 saturated heterocycles. The number of hydrogen-bond donors (Lipinski definition) is 1. The van der Waals surface area contributed by atoms with E-state index in [1.165, 1.54) is 0 Å². The van der Waals surface area contributed by atoms with Crippen molar-refractivity contribution in [2.45, 2.75) is 38.1 Å². The molecule has 4 nitrogen and oxygen atoms in total. The van der Waals surface area contributed by atoms with Gasteiger partial charge in [0.2, 0.25) is 5.91 Å². The molecule has 0 aromatic carbocycles. The van der Waals surface area contributed by atoms with Crippen LogP contribution in [0.15, 0.2) is 0 Å². The first-order chi connectivity index (χ1) is 7.29. The number of aliphatic hydroxyl groups excluding tert-OH is 1. The first kappa shape index (κ1) is 12.5. The number of methoxy groups -OCH3 is 1. The Balaban J connectivity index is 2.24. The first-order valence-electron chi connectivity index (χ1n) is 5.69. The van der Waals surface area contributed by atoms with Crippen LogP contribution in [0, 0.1) is 0 Å². The Morgan fingerprint density at radius 1 is 1.47 bits per heavy atom. The van der Waals surface area contributed by atoms with Gasteiger partial charge in [0, 0.05) is 32.7 Å². The van der Waals surface area contributed by atoms with Gasteiger partial charge in [-0.1, -0.05) is 0 Å². The third-order valence-electron chi connectivity index (χ3n) is 2.64. The zero-order valence-electron chi connectivity index (χ0n) is 9.45. The standard InChI is InChI=1S/C11H21NO3/c1-15-9-7-12(10-5-6-10)11(14)4-2-3-8-13/h10,13H,2-9H2,1H3. The van der Waals surface area contributed by atoms with E-state index in [4.69, 9.17) is 9.84 Å². The number of unbranched alkanes of at least 4 members (excludes halogenated alkanes) is 1. The lowest BCUT2D eigenvalue weighted by atomic mass is 10.2. The van der Waals surface area contributed by atoms with Gasteiger partial charge in [0.05, 0.1) is 6.61 Å². The molecule has 15 heavy (non-hydrogen) atoms. The molecular formula is C11H21NO3. The van der Waals surface area contributed by atoms with Crippen molar-refractivity contribution in [3.63, 3.8) is 0 Å². The second-order valence-corrected chi connectivity index (χ2v) is 3.99. The summed E-state index contributed by atoms with van der Waals surface area (Å²) >= 11 is 0. The molecule has 1 rings (SSSR count). The summed E-state index contributed by atoms with van der Waals surface area (Å²) in [5, 5.41) is 8.64. The summed E-state index contributed by atoms with van der Waals surface area (Å²) in [6.45, 7) is 1.50. The quantitative estimate of drug-likeness (QED) is 0.609. The van der Waals surface area contributed by atoms with Crippen LogP contribution in [0.1, 0.15) is 32.1 Å². The van der Waals surface area contributed by atoms with Crippen LogP contribution in [-0.4, -0.2) is 48.8 Å². The Labute approximate surface area is 91.2 Å². The van der Waals surface area contributed by atoms with Gasteiger partial charge in [0.15, 0.2) is 0 Å². The summed E-state index contributed by atoms with van der Waals surface area (Å²) in [6.07, 6.45) is 4.33. The number of carbonyl (C=O) groups excluding carboxylic acids is 1. The highest BCUT2D eigenvalue weighted by atomic mass is 16.5. The molecule has 1 N–H and O–H groups in total.